The van der Waals surface area contributed by atoms with Crippen LogP contribution < -0.4 is 5.32 Å². The van der Waals surface area contributed by atoms with Crippen molar-refractivity contribution in [3.63, 3.8) is 0 Å². The molecule has 0 radical (unpaired) electrons. The third-order valence-electron chi connectivity index (χ3n) is 3.77. The molecule has 1 aliphatic rings. The predicted molar refractivity (Wildman–Crippen MR) is 72.1 cm³/mol. The van der Waals surface area contributed by atoms with Crippen molar-refractivity contribution in [1.29, 1.82) is 0 Å². The molecule has 1 saturated carbocycles. The van der Waals surface area contributed by atoms with E-state index in [0.29, 0.717) is 12.0 Å². The molecule has 1 aromatic carbocycles. The first kappa shape index (κ1) is 13.6. The van der Waals surface area contributed by atoms with Gasteiger partial charge in [-0.25, -0.2) is 0 Å². The van der Waals surface area contributed by atoms with E-state index in [2.05, 4.69) is 12.2 Å². The average Bonchev–Trinajstić information content (AvgIpc) is 2.87. The topological polar surface area (TPSA) is 66.4 Å². The van der Waals surface area contributed by atoms with Crippen LogP contribution >= 0.6 is 0 Å². The number of carboxylic acids is 1. The molecule has 2 unspecified atom stereocenters. The fraction of sp³-hybridized carbons (Fsp3) is 0.467. The normalized spacial score (nSPS) is 22.2. The molecule has 1 amide bonds. The Morgan fingerprint density at radius 1 is 1.26 bits per heavy atom. The molecule has 0 saturated heterocycles. The zero-order valence-electron chi connectivity index (χ0n) is 11.1. The Balaban J connectivity index is 2.01. The first-order valence-electron chi connectivity index (χ1n) is 6.74. The van der Waals surface area contributed by atoms with E-state index in [-0.39, 0.29) is 11.9 Å². The van der Waals surface area contributed by atoms with Crippen molar-refractivity contribution in [1.82, 2.24) is 5.32 Å². The molecule has 1 aromatic rings. The molecule has 102 valence electrons. The van der Waals surface area contributed by atoms with Crippen LogP contribution in [0.15, 0.2) is 24.3 Å². The molecule has 2 atom stereocenters. The van der Waals surface area contributed by atoms with E-state index in [0.717, 1.165) is 19.3 Å². The maximum atomic E-state index is 12.1. The second-order valence-corrected chi connectivity index (χ2v) is 5.01. The van der Waals surface area contributed by atoms with Gasteiger partial charge in [0.25, 0.3) is 5.91 Å². The highest BCUT2D eigenvalue weighted by Gasteiger charge is 2.33. The largest absolute Gasteiger partial charge is 0.481 e. The Hall–Kier alpha value is -1.84. The number of hydrogen-bond acceptors (Lipinski definition) is 2. The van der Waals surface area contributed by atoms with E-state index in [1.54, 1.807) is 12.1 Å². The van der Waals surface area contributed by atoms with Crippen LogP contribution in [0.2, 0.25) is 0 Å². The first-order chi connectivity index (χ1) is 9.11. The number of benzene rings is 1. The molecule has 1 aliphatic carbocycles. The van der Waals surface area contributed by atoms with Crippen molar-refractivity contribution in [2.24, 2.45) is 5.92 Å². The van der Waals surface area contributed by atoms with Crippen LogP contribution in [-0.4, -0.2) is 23.0 Å². The summed E-state index contributed by atoms with van der Waals surface area (Å²) < 4.78 is 0. The monoisotopic (exact) mass is 261 g/mol. The third kappa shape index (κ3) is 3.13. The molecule has 2 N–H and O–H groups in total. The molecule has 4 heteroatoms. The van der Waals surface area contributed by atoms with Crippen molar-refractivity contribution in [2.75, 3.05) is 0 Å². The quantitative estimate of drug-likeness (QED) is 0.873. The average molecular weight is 261 g/mol. The summed E-state index contributed by atoms with van der Waals surface area (Å²) in [4.78, 5) is 23.1. The van der Waals surface area contributed by atoms with Crippen LogP contribution in [0.25, 0.3) is 0 Å². The minimum absolute atomic E-state index is 0.180. The SMILES string of the molecule is CCc1ccc(C(=O)NC2CCCC2C(=O)O)cc1. The van der Waals surface area contributed by atoms with Gasteiger partial charge < -0.3 is 10.4 Å². The summed E-state index contributed by atoms with van der Waals surface area (Å²) in [6.45, 7) is 2.06. The summed E-state index contributed by atoms with van der Waals surface area (Å²) in [6.07, 6.45) is 3.19. The van der Waals surface area contributed by atoms with Crippen molar-refractivity contribution in [3.05, 3.63) is 35.4 Å². The van der Waals surface area contributed by atoms with Gasteiger partial charge in [-0.05, 0) is 37.0 Å². The van der Waals surface area contributed by atoms with Crippen molar-refractivity contribution in [2.45, 2.75) is 38.6 Å². The van der Waals surface area contributed by atoms with Gasteiger partial charge in [0.1, 0.15) is 0 Å². The van der Waals surface area contributed by atoms with E-state index < -0.39 is 11.9 Å². The van der Waals surface area contributed by atoms with E-state index in [4.69, 9.17) is 5.11 Å². The van der Waals surface area contributed by atoms with E-state index in [1.165, 1.54) is 5.56 Å². The Labute approximate surface area is 112 Å². The molecule has 0 bridgehead atoms. The number of carbonyl (C=O) groups is 2. The summed E-state index contributed by atoms with van der Waals surface area (Å²) in [7, 11) is 0. The lowest BCUT2D eigenvalue weighted by Gasteiger charge is -2.17. The van der Waals surface area contributed by atoms with Crippen LogP contribution in [0.3, 0.4) is 0 Å². The smallest absolute Gasteiger partial charge is 0.308 e. The fourth-order valence-electron chi connectivity index (χ4n) is 2.57. The summed E-state index contributed by atoms with van der Waals surface area (Å²) in [5, 5.41) is 11.9. The number of rotatable bonds is 4. The number of hydrogen-bond donors (Lipinski definition) is 2. The predicted octanol–water partition coefficient (Wildman–Crippen LogP) is 2.23. The van der Waals surface area contributed by atoms with Crippen LogP contribution in [0.4, 0.5) is 0 Å². The van der Waals surface area contributed by atoms with Gasteiger partial charge in [0.2, 0.25) is 0 Å². The highest BCUT2D eigenvalue weighted by molar-refractivity contribution is 5.94. The van der Waals surface area contributed by atoms with Crippen LogP contribution in [0, 0.1) is 5.92 Å². The number of carbonyl (C=O) groups excluding carboxylic acids is 1. The number of aliphatic carboxylic acids is 1. The molecule has 0 aromatic heterocycles. The number of aryl methyl sites for hydroxylation is 1. The Kier molecular flexibility index (Phi) is 4.20. The van der Waals surface area contributed by atoms with Gasteiger partial charge in [-0.15, -0.1) is 0 Å². The first-order valence-corrected chi connectivity index (χ1v) is 6.74. The molecular formula is C15H19NO3. The Bertz CT molecular complexity index is 467. The lowest BCUT2D eigenvalue weighted by Crippen LogP contribution is -2.40. The molecule has 2 rings (SSSR count). The highest BCUT2D eigenvalue weighted by atomic mass is 16.4. The molecule has 1 fully saturated rings. The summed E-state index contributed by atoms with van der Waals surface area (Å²) in [6, 6.07) is 7.20. The maximum absolute atomic E-state index is 12.1. The Morgan fingerprint density at radius 3 is 2.53 bits per heavy atom. The lowest BCUT2D eigenvalue weighted by atomic mass is 10.0. The minimum Gasteiger partial charge on any atom is -0.481 e. The maximum Gasteiger partial charge on any atom is 0.308 e. The minimum atomic E-state index is -0.816. The van der Waals surface area contributed by atoms with Gasteiger partial charge in [-0.2, -0.15) is 0 Å². The number of carboxylic acid groups (broad SMARTS) is 1. The molecular weight excluding hydrogens is 242 g/mol. The molecule has 0 spiro atoms. The van der Waals surface area contributed by atoms with E-state index >= 15 is 0 Å². The number of amides is 1. The summed E-state index contributed by atoms with van der Waals surface area (Å²) in [5.41, 5.74) is 1.77. The second-order valence-electron chi connectivity index (χ2n) is 5.01. The van der Waals surface area contributed by atoms with Crippen LogP contribution in [0.5, 0.6) is 0 Å². The highest BCUT2D eigenvalue weighted by Crippen LogP contribution is 2.26. The second kappa shape index (κ2) is 5.87. The molecule has 0 heterocycles. The molecule has 0 aliphatic heterocycles. The van der Waals surface area contributed by atoms with Crippen molar-refractivity contribution < 1.29 is 14.7 Å². The summed E-state index contributed by atoms with van der Waals surface area (Å²) >= 11 is 0. The lowest BCUT2D eigenvalue weighted by molar-refractivity contribution is -0.142. The van der Waals surface area contributed by atoms with Gasteiger partial charge >= 0.3 is 5.97 Å². The fourth-order valence-corrected chi connectivity index (χ4v) is 2.57. The van der Waals surface area contributed by atoms with Crippen LogP contribution in [0.1, 0.15) is 42.1 Å². The van der Waals surface area contributed by atoms with E-state index in [9.17, 15) is 9.59 Å². The number of nitrogens with one attached hydrogen (secondary N) is 1. The van der Waals surface area contributed by atoms with Gasteiger partial charge in [0.05, 0.1) is 5.92 Å². The van der Waals surface area contributed by atoms with Gasteiger partial charge in [-0.1, -0.05) is 25.5 Å². The van der Waals surface area contributed by atoms with Gasteiger partial charge in [0, 0.05) is 11.6 Å². The van der Waals surface area contributed by atoms with Gasteiger partial charge in [-0.3, -0.25) is 9.59 Å². The molecule has 4 nitrogen and oxygen atoms in total. The van der Waals surface area contributed by atoms with Crippen molar-refractivity contribution in [3.8, 4) is 0 Å². The molecule has 19 heavy (non-hydrogen) atoms. The zero-order valence-corrected chi connectivity index (χ0v) is 11.1. The zero-order chi connectivity index (χ0) is 13.8. The Morgan fingerprint density at radius 2 is 1.95 bits per heavy atom. The van der Waals surface area contributed by atoms with Crippen LogP contribution in [-0.2, 0) is 11.2 Å². The summed E-state index contributed by atoms with van der Waals surface area (Å²) in [5.74, 6) is -1.44. The standard InChI is InChI=1S/C15H19NO3/c1-2-10-6-8-11(9-7-10)14(17)16-13-5-3-4-12(13)15(18)19/h6-9,12-13H,2-5H2,1H3,(H,16,17)(H,18,19). The third-order valence-corrected chi connectivity index (χ3v) is 3.77. The van der Waals surface area contributed by atoms with Gasteiger partial charge in [0.15, 0.2) is 0 Å². The van der Waals surface area contributed by atoms with Crippen molar-refractivity contribution >= 4 is 11.9 Å². The van der Waals surface area contributed by atoms with E-state index in [1.807, 2.05) is 12.1 Å².